The van der Waals surface area contributed by atoms with Crippen molar-refractivity contribution in [1.29, 1.82) is 0 Å². The fourth-order valence-corrected chi connectivity index (χ4v) is 3.58. The number of hydrogen-bond acceptors (Lipinski definition) is 5. The first-order valence-corrected chi connectivity index (χ1v) is 8.47. The molecule has 6 nitrogen and oxygen atoms in total. The first-order chi connectivity index (χ1) is 11.2. The van der Waals surface area contributed by atoms with Crippen molar-refractivity contribution in [3.63, 3.8) is 0 Å². The number of carbonyl (C=O) groups is 1. The number of amides is 1. The summed E-state index contributed by atoms with van der Waals surface area (Å²) in [6.45, 7) is 7.95. The standard InChI is InChI=1S/C17H26N4O2/c1-14-12-21(16-4-2-3-5-18-16)13-15(14)17(23)20-8-6-19(7-9-20)10-11-22/h2-5,14-15,22H,6-13H2,1H3/t14-,15-/m1/s1. The van der Waals surface area contributed by atoms with E-state index in [2.05, 4.69) is 21.7 Å². The number of aliphatic hydroxyl groups is 1. The van der Waals surface area contributed by atoms with Gasteiger partial charge in [-0.25, -0.2) is 4.98 Å². The molecule has 0 spiro atoms. The molecule has 0 aromatic carbocycles. The normalized spacial score (nSPS) is 25.8. The van der Waals surface area contributed by atoms with E-state index in [-0.39, 0.29) is 18.4 Å². The Morgan fingerprint density at radius 1 is 1.26 bits per heavy atom. The molecular formula is C17H26N4O2. The molecule has 1 aromatic heterocycles. The number of aliphatic hydroxyl groups excluding tert-OH is 1. The number of piperazine rings is 1. The van der Waals surface area contributed by atoms with E-state index in [0.717, 1.165) is 45.1 Å². The van der Waals surface area contributed by atoms with Gasteiger partial charge in [-0.3, -0.25) is 9.69 Å². The summed E-state index contributed by atoms with van der Waals surface area (Å²) in [4.78, 5) is 23.7. The minimum Gasteiger partial charge on any atom is -0.395 e. The molecule has 2 aliphatic heterocycles. The molecular weight excluding hydrogens is 292 g/mol. The molecule has 126 valence electrons. The van der Waals surface area contributed by atoms with Gasteiger partial charge in [-0.2, -0.15) is 0 Å². The van der Waals surface area contributed by atoms with Crippen molar-refractivity contribution in [2.45, 2.75) is 6.92 Å². The van der Waals surface area contributed by atoms with Crippen LogP contribution in [-0.4, -0.2) is 78.2 Å². The first-order valence-electron chi connectivity index (χ1n) is 8.47. The highest BCUT2D eigenvalue weighted by molar-refractivity contribution is 5.80. The smallest absolute Gasteiger partial charge is 0.227 e. The molecule has 1 amide bonds. The predicted molar refractivity (Wildman–Crippen MR) is 89.2 cm³/mol. The van der Waals surface area contributed by atoms with Gasteiger partial charge in [-0.15, -0.1) is 0 Å². The number of pyridine rings is 1. The SMILES string of the molecule is C[C@@H]1CN(c2ccccn2)C[C@H]1C(=O)N1CCN(CCO)CC1. The van der Waals surface area contributed by atoms with E-state index in [1.807, 2.05) is 23.1 Å². The third-order valence-electron chi connectivity index (χ3n) is 5.00. The van der Waals surface area contributed by atoms with E-state index >= 15 is 0 Å². The zero-order valence-corrected chi connectivity index (χ0v) is 13.8. The second-order valence-corrected chi connectivity index (χ2v) is 6.57. The number of carbonyl (C=O) groups excluding carboxylic acids is 1. The van der Waals surface area contributed by atoms with Gasteiger partial charge >= 0.3 is 0 Å². The maximum Gasteiger partial charge on any atom is 0.227 e. The molecule has 2 atom stereocenters. The van der Waals surface area contributed by atoms with Crippen molar-refractivity contribution in [2.24, 2.45) is 11.8 Å². The van der Waals surface area contributed by atoms with Crippen molar-refractivity contribution in [3.8, 4) is 0 Å². The van der Waals surface area contributed by atoms with Crippen LogP contribution in [0.3, 0.4) is 0 Å². The van der Waals surface area contributed by atoms with E-state index in [9.17, 15) is 4.79 Å². The fraction of sp³-hybridized carbons (Fsp3) is 0.647. The molecule has 6 heteroatoms. The average molecular weight is 318 g/mol. The number of nitrogens with zero attached hydrogens (tertiary/aromatic N) is 4. The molecule has 2 aliphatic rings. The summed E-state index contributed by atoms with van der Waals surface area (Å²) in [5.41, 5.74) is 0. The highest BCUT2D eigenvalue weighted by Crippen LogP contribution is 2.28. The Kier molecular flexibility index (Phi) is 5.13. The van der Waals surface area contributed by atoms with Crippen molar-refractivity contribution in [3.05, 3.63) is 24.4 Å². The number of rotatable bonds is 4. The van der Waals surface area contributed by atoms with Gasteiger partial charge in [0, 0.05) is 52.0 Å². The Labute approximate surface area is 137 Å². The Bertz CT molecular complexity index is 517. The van der Waals surface area contributed by atoms with Crippen molar-refractivity contribution in [2.75, 3.05) is 57.3 Å². The molecule has 0 radical (unpaired) electrons. The topological polar surface area (TPSA) is 59.9 Å². The van der Waals surface area contributed by atoms with E-state index < -0.39 is 0 Å². The summed E-state index contributed by atoms with van der Waals surface area (Å²) in [5.74, 6) is 1.64. The van der Waals surface area contributed by atoms with E-state index in [0.29, 0.717) is 12.5 Å². The number of hydrogen-bond donors (Lipinski definition) is 1. The van der Waals surface area contributed by atoms with Gasteiger partial charge in [0.15, 0.2) is 0 Å². The van der Waals surface area contributed by atoms with Crippen molar-refractivity contribution in [1.82, 2.24) is 14.8 Å². The van der Waals surface area contributed by atoms with Crippen LogP contribution < -0.4 is 4.90 Å². The highest BCUT2D eigenvalue weighted by atomic mass is 16.3. The third kappa shape index (κ3) is 3.64. The second kappa shape index (κ2) is 7.27. The minimum absolute atomic E-state index is 0.0568. The van der Waals surface area contributed by atoms with E-state index in [4.69, 9.17) is 5.11 Å². The van der Waals surface area contributed by atoms with Crippen LogP contribution in [0.25, 0.3) is 0 Å². The Hall–Kier alpha value is -1.66. The molecule has 3 heterocycles. The van der Waals surface area contributed by atoms with Gasteiger partial charge in [0.25, 0.3) is 0 Å². The lowest BCUT2D eigenvalue weighted by Gasteiger charge is -2.36. The largest absolute Gasteiger partial charge is 0.395 e. The van der Waals surface area contributed by atoms with Crippen LogP contribution >= 0.6 is 0 Å². The van der Waals surface area contributed by atoms with Crippen LogP contribution in [0.5, 0.6) is 0 Å². The van der Waals surface area contributed by atoms with Crippen LogP contribution in [0.1, 0.15) is 6.92 Å². The predicted octanol–water partition coefficient (Wildman–Crippen LogP) is 0.290. The van der Waals surface area contributed by atoms with E-state index in [1.54, 1.807) is 6.20 Å². The van der Waals surface area contributed by atoms with E-state index in [1.165, 1.54) is 0 Å². The summed E-state index contributed by atoms with van der Waals surface area (Å²) < 4.78 is 0. The molecule has 0 saturated carbocycles. The molecule has 1 aromatic rings. The molecule has 0 bridgehead atoms. The summed E-state index contributed by atoms with van der Waals surface area (Å²) in [5, 5.41) is 9.00. The fourth-order valence-electron chi connectivity index (χ4n) is 3.58. The zero-order chi connectivity index (χ0) is 16.2. The summed E-state index contributed by atoms with van der Waals surface area (Å²) in [6.07, 6.45) is 1.80. The molecule has 2 saturated heterocycles. The number of β-amino-alcohol motifs (C(OH)–C–C–N with tert-alkyl or cyclic N) is 1. The molecule has 0 unspecified atom stereocenters. The molecule has 0 aliphatic carbocycles. The number of aromatic nitrogens is 1. The van der Waals surface area contributed by atoms with Crippen LogP contribution in [0.2, 0.25) is 0 Å². The Morgan fingerprint density at radius 2 is 2.04 bits per heavy atom. The Morgan fingerprint density at radius 3 is 2.70 bits per heavy atom. The lowest BCUT2D eigenvalue weighted by Crippen LogP contribution is -2.51. The van der Waals surface area contributed by atoms with Crippen molar-refractivity contribution < 1.29 is 9.90 Å². The van der Waals surface area contributed by atoms with Gasteiger partial charge in [-0.05, 0) is 18.1 Å². The second-order valence-electron chi connectivity index (χ2n) is 6.57. The summed E-state index contributed by atoms with van der Waals surface area (Å²) >= 11 is 0. The third-order valence-corrected chi connectivity index (χ3v) is 5.00. The number of anilines is 1. The summed E-state index contributed by atoms with van der Waals surface area (Å²) in [6, 6.07) is 5.91. The van der Waals surface area contributed by atoms with Crippen LogP contribution in [0, 0.1) is 11.8 Å². The molecule has 1 N–H and O–H groups in total. The van der Waals surface area contributed by atoms with Gasteiger partial charge < -0.3 is 14.9 Å². The van der Waals surface area contributed by atoms with Gasteiger partial charge in [0.1, 0.15) is 5.82 Å². The van der Waals surface area contributed by atoms with Crippen LogP contribution in [0.15, 0.2) is 24.4 Å². The first kappa shape index (κ1) is 16.2. The summed E-state index contributed by atoms with van der Waals surface area (Å²) in [7, 11) is 0. The highest BCUT2D eigenvalue weighted by Gasteiger charge is 2.38. The zero-order valence-electron chi connectivity index (χ0n) is 13.8. The molecule has 3 rings (SSSR count). The Balaban J connectivity index is 1.58. The average Bonchev–Trinajstić information content (AvgIpc) is 2.98. The van der Waals surface area contributed by atoms with Crippen molar-refractivity contribution >= 4 is 11.7 Å². The molecule has 23 heavy (non-hydrogen) atoms. The maximum atomic E-state index is 12.9. The van der Waals surface area contributed by atoms with Gasteiger partial charge in [0.2, 0.25) is 5.91 Å². The lowest BCUT2D eigenvalue weighted by atomic mass is 9.96. The quantitative estimate of drug-likeness (QED) is 0.865. The van der Waals surface area contributed by atoms with Crippen LogP contribution in [0.4, 0.5) is 5.82 Å². The van der Waals surface area contributed by atoms with Crippen LogP contribution in [-0.2, 0) is 4.79 Å². The maximum absolute atomic E-state index is 12.9. The van der Waals surface area contributed by atoms with Gasteiger partial charge in [-0.1, -0.05) is 13.0 Å². The van der Waals surface area contributed by atoms with Gasteiger partial charge in [0.05, 0.1) is 12.5 Å². The molecule has 2 fully saturated rings. The lowest BCUT2D eigenvalue weighted by molar-refractivity contribution is -0.137. The minimum atomic E-state index is 0.0568. The monoisotopic (exact) mass is 318 g/mol.